The Kier molecular flexibility index (Phi) is 4.70. The van der Waals surface area contributed by atoms with E-state index in [0.717, 1.165) is 17.0 Å². The Morgan fingerprint density at radius 3 is 2.81 bits per heavy atom. The van der Waals surface area contributed by atoms with Gasteiger partial charge in [-0.05, 0) is 30.3 Å². The summed E-state index contributed by atoms with van der Waals surface area (Å²) in [6, 6.07) is 15.6. The first-order chi connectivity index (χ1) is 15.1. The van der Waals surface area contributed by atoms with E-state index in [1.807, 2.05) is 24.3 Å². The number of halogens is 1. The minimum Gasteiger partial charge on any atom is -0.497 e. The molecular formula is C22H19FN6O2. The number of rotatable bonds is 5. The number of carbonyl (C=O) groups is 1. The minimum absolute atomic E-state index is 0.0604. The maximum absolute atomic E-state index is 13.9. The molecule has 0 aliphatic carbocycles. The fraction of sp³-hybridized carbons (Fsp3) is 0.182. The lowest BCUT2D eigenvalue weighted by Gasteiger charge is -2.37. The van der Waals surface area contributed by atoms with Crippen molar-refractivity contribution in [2.45, 2.75) is 5.92 Å². The van der Waals surface area contributed by atoms with Crippen molar-refractivity contribution in [3.05, 3.63) is 78.0 Å². The molecule has 31 heavy (non-hydrogen) atoms. The van der Waals surface area contributed by atoms with E-state index in [9.17, 15) is 9.18 Å². The van der Waals surface area contributed by atoms with Gasteiger partial charge in [-0.15, -0.1) is 5.10 Å². The highest BCUT2D eigenvalue weighted by molar-refractivity contribution is 5.94. The van der Waals surface area contributed by atoms with Crippen LogP contribution in [0, 0.1) is 5.82 Å². The van der Waals surface area contributed by atoms with Gasteiger partial charge in [0.2, 0.25) is 0 Å². The Labute approximate surface area is 177 Å². The van der Waals surface area contributed by atoms with Crippen LogP contribution in [-0.4, -0.2) is 56.2 Å². The molecule has 156 valence electrons. The highest BCUT2D eigenvalue weighted by Gasteiger charge is 2.35. The van der Waals surface area contributed by atoms with Gasteiger partial charge in [0.25, 0.3) is 5.91 Å². The Balaban J connectivity index is 1.25. The number of amides is 1. The molecule has 1 saturated heterocycles. The molecule has 8 nitrogen and oxygen atoms in total. The molecule has 5 rings (SSSR count). The Morgan fingerprint density at radius 2 is 2.00 bits per heavy atom. The zero-order valence-corrected chi connectivity index (χ0v) is 16.7. The number of benzene rings is 2. The summed E-state index contributed by atoms with van der Waals surface area (Å²) >= 11 is 0. The largest absolute Gasteiger partial charge is 0.497 e. The minimum atomic E-state index is -0.365. The molecule has 0 saturated carbocycles. The van der Waals surface area contributed by atoms with Crippen molar-refractivity contribution in [2.75, 3.05) is 20.2 Å². The lowest BCUT2D eigenvalue weighted by Crippen LogP contribution is -2.48. The summed E-state index contributed by atoms with van der Waals surface area (Å²) in [6.07, 6.45) is 1.71. The van der Waals surface area contributed by atoms with E-state index in [2.05, 4.69) is 20.5 Å². The number of hydrogen-bond donors (Lipinski definition) is 1. The van der Waals surface area contributed by atoms with Crippen LogP contribution in [0.1, 0.15) is 22.1 Å². The van der Waals surface area contributed by atoms with Crippen LogP contribution >= 0.6 is 0 Å². The number of aromatic amines is 1. The second-order valence-corrected chi connectivity index (χ2v) is 7.35. The second-order valence-electron chi connectivity index (χ2n) is 7.35. The van der Waals surface area contributed by atoms with Crippen LogP contribution in [0.4, 0.5) is 4.39 Å². The summed E-state index contributed by atoms with van der Waals surface area (Å²) in [7, 11) is 1.60. The predicted octanol–water partition coefficient (Wildman–Crippen LogP) is 3.04. The van der Waals surface area contributed by atoms with Crippen molar-refractivity contribution >= 4 is 5.91 Å². The first-order valence-electron chi connectivity index (χ1n) is 9.78. The van der Waals surface area contributed by atoms with E-state index < -0.39 is 0 Å². The Morgan fingerprint density at radius 1 is 1.16 bits per heavy atom. The molecule has 0 unspecified atom stereocenters. The monoisotopic (exact) mass is 418 g/mol. The highest BCUT2D eigenvalue weighted by Crippen LogP contribution is 2.28. The van der Waals surface area contributed by atoms with Crippen molar-refractivity contribution in [3.8, 4) is 22.7 Å². The summed E-state index contributed by atoms with van der Waals surface area (Å²) in [4.78, 5) is 14.5. The van der Waals surface area contributed by atoms with E-state index >= 15 is 0 Å². The van der Waals surface area contributed by atoms with Gasteiger partial charge in [-0.2, -0.15) is 5.10 Å². The summed E-state index contributed by atoms with van der Waals surface area (Å²) in [5.74, 6) is 0.294. The molecule has 0 radical (unpaired) electrons. The summed E-state index contributed by atoms with van der Waals surface area (Å²) in [6.45, 7) is 1.03. The van der Waals surface area contributed by atoms with Crippen LogP contribution in [0.5, 0.6) is 5.75 Å². The van der Waals surface area contributed by atoms with E-state index in [1.165, 1.54) is 10.7 Å². The summed E-state index contributed by atoms with van der Waals surface area (Å²) in [5, 5.41) is 15.3. The lowest BCUT2D eigenvalue weighted by atomic mass is 9.96. The van der Waals surface area contributed by atoms with Gasteiger partial charge in [0.15, 0.2) is 0 Å². The number of ether oxygens (including phenoxy) is 1. The van der Waals surface area contributed by atoms with Gasteiger partial charge in [-0.1, -0.05) is 29.5 Å². The molecule has 1 fully saturated rings. The fourth-order valence-electron chi connectivity index (χ4n) is 3.58. The summed E-state index contributed by atoms with van der Waals surface area (Å²) in [5.41, 5.74) is 3.03. The van der Waals surface area contributed by atoms with E-state index in [4.69, 9.17) is 4.74 Å². The third-order valence-corrected chi connectivity index (χ3v) is 5.37. The maximum atomic E-state index is 13.9. The van der Waals surface area contributed by atoms with Crippen LogP contribution in [0.2, 0.25) is 0 Å². The van der Waals surface area contributed by atoms with Crippen molar-refractivity contribution in [1.82, 2.24) is 30.1 Å². The number of nitrogens with zero attached hydrogens (tertiary/aromatic N) is 5. The van der Waals surface area contributed by atoms with Crippen molar-refractivity contribution in [1.29, 1.82) is 0 Å². The second kappa shape index (κ2) is 7.67. The van der Waals surface area contributed by atoms with Gasteiger partial charge in [0.1, 0.15) is 22.9 Å². The Hall–Kier alpha value is -4.01. The number of para-hydroxylation sites is 1. The van der Waals surface area contributed by atoms with Gasteiger partial charge in [-0.3, -0.25) is 9.89 Å². The normalized spacial score (nSPS) is 13.8. The number of aromatic nitrogens is 5. The number of carbonyl (C=O) groups excluding carboxylic acids is 1. The molecule has 0 spiro atoms. The zero-order chi connectivity index (χ0) is 21.4. The highest BCUT2D eigenvalue weighted by atomic mass is 19.1. The molecule has 1 aliphatic heterocycles. The quantitative estimate of drug-likeness (QED) is 0.538. The molecule has 2 aromatic heterocycles. The topological polar surface area (TPSA) is 88.9 Å². The maximum Gasteiger partial charge on any atom is 0.271 e. The van der Waals surface area contributed by atoms with Crippen molar-refractivity contribution < 1.29 is 13.9 Å². The van der Waals surface area contributed by atoms with Crippen LogP contribution in [-0.2, 0) is 0 Å². The van der Waals surface area contributed by atoms with Crippen LogP contribution in [0.3, 0.4) is 0 Å². The third kappa shape index (κ3) is 3.54. The SMILES string of the molecule is COc1cccc(-c2cc(C(=O)N3CC(c4cn(-c5ccccc5F)nn4)C3)[nH]n2)c1. The fourth-order valence-corrected chi connectivity index (χ4v) is 3.58. The molecule has 3 heterocycles. The van der Waals surface area contributed by atoms with Gasteiger partial charge >= 0.3 is 0 Å². The van der Waals surface area contributed by atoms with Gasteiger partial charge < -0.3 is 9.64 Å². The molecule has 0 atom stereocenters. The number of hydrogen-bond acceptors (Lipinski definition) is 5. The first kappa shape index (κ1) is 19.0. The van der Waals surface area contributed by atoms with E-state index in [1.54, 1.807) is 42.5 Å². The average molecular weight is 418 g/mol. The standard InChI is InChI=1S/C22H19FN6O2/c1-31-16-6-4-5-14(9-16)18-10-19(25-24-18)22(30)28-11-15(12-28)20-13-29(27-26-20)21-8-3-2-7-17(21)23/h2-10,13,15H,11-12H2,1H3,(H,24,25). The molecule has 1 amide bonds. The summed E-state index contributed by atoms with van der Waals surface area (Å²) < 4.78 is 20.6. The van der Waals surface area contributed by atoms with Crippen LogP contribution in [0.25, 0.3) is 16.9 Å². The van der Waals surface area contributed by atoms with Gasteiger partial charge in [-0.25, -0.2) is 9.07 Å². The van der Waals surface area contributed by atoms with Crippen LogP contribution in [0.15, 0.2) is 60.8 Å². The zero-order valence-electron chi connectivity index (χ0n) is 16.7. The van der Waals surface area contributed by atoms with Crippen molar-refractivity contribution in [3.63, 3.8) is 0 Å². The Bertz CT molecular complexity index is 1240. The number of H-pyrrole nitrogens is 1. The number of likely N-dealkylation sites (tertiary alicyclic amines) is 1. The van der Waals surface area contributed by atoms with Crippen molar-refractivity contribution in [2.24, 2.45) is 0 Å². The van der Waals surface area contributed by atoms with Crippen LogP contribution < -0.4 is 4.74 Å². The van der Waals surface area contributed by atoms with E-state index in [0.29, 0.717) is 30.2 Å². The van der Waals surface area contributed by atoms with Gasteiger partial charge in [0.05, 0.1) is 24.7 Å². The molecule has 1 N–H and O–H groups in total. The molecule has 9 heteroatoms. The number of methoxy groups -OCH3 is 1. The molecule has 2 aromatic carbocycles. The average Bonchev–Trinajstić information content (AvgIpc) is 3.43. The number of nitrogens with one attached hydrogen (secondary N) is 1. The molecule has 0 bridgehead atoms. The smallest absolute Gasteiger partial charge is 0.271 e. The first-order valence-corrected chi connectivity index (χ1v) is 9.78. The molecule has 1 aliphatic rings. The predicted molar refractivity (Wildman–Crippen MR) is 111 cm³/mol. The van der Waals surface area contributed by atoms with Gasteiger partial charge in [0, 0.05) is 24.6 Å². The lowest BCUT2D eigenvalue weighted by molar-refractivity contribution is 0.0592. The molecule has 4 aromatic rings. The third-order valence-electron chi connectivity index (χ3n) is 5.37. The van der Waals surface area contributed by atoms with E-state index in [-0.39, 0.29) is 17.6 Å². The molecular weight excluding hydrogens is 399 g/mol.